The van der Waals surface area contributed by atoms with E-state index in [0.29, 0.717) is 0 Å². The molecule has 0 fully saturated rings. The fourth-order valence-corrected chi connectivity index (χ4v) is 1.97. The van der Waals surface area contributed by atoms with E-state index < -0.39 is 0 Å². The lowest BCUT2D eigenvalue weighted by Gasteiger charge is -2.11. The van der Waals surface area contributed by atoms with Crippen molar-refractivity contribution in [3.63, 3.8) is 0 Å². The number of benzene rings is 2. The third-order valence-corrected chi connectivity index (χ3v) is 2.93. The first-order valence-electron chi connectivity index (χ1n) is 6.36. The van der Waals surface area contributed by atoms with Crippen LogP contribution in [0.25, 0.3) is 0 Å². The lowest BCUT2D eigenvalue weighted by atomic mass is 10.1. The Bertz CT molecular complexity index is 492. The van der Waals surface area contributed by atoms with E-state index >= 15 is 0 Å². The summed E-state index contributed by atoms with van der Waals surface area (Å²) < 4.78 is 0. The summed E-state index contributed by atoms with van der Waals surface area (Å²) in [5, 5.41) is 6.83. The molecule has 2 N–H and O–H groups in total. The van der Waals surface area contributed by atoms with Crippen LogP contribution < -0.4 is 10.6 Å². The maximum absolute atomic E-state index is 3.45. The molecule has 0 aromatic heterocycles. The van der Waals surface area contributed by atoms with Gasteiger partial charge in [0.25, 0.3) is 0 Å². The first kappa shape index (κ1) is 12.5. The van der Waals surface area contributed by atoms with Gasteiger partial charge in [-0.25, -0.2) is 0 Å². The fourth-order valence-electron chi connectivity index (χ4n) is 1.97. The van der Waals surface area contributed by atoms with Crippen LogP contribution in [-0.2, 0) is 0 Å². The van der Waals surface area contributed by atoms with Gasteiger partial charge in [-0.3, -0.25) is 0 Å². The van der Waals surface area contributed by atoms with Gasteiger partial charge >= 0.3 is 0 Å². The van der Waals surface area contributed by atoms with Crippen LogP contribution in [-0.4, -0.2) is 13.1 Å². The number of rotatable bonds is 5. The van der Waals surface area contributed by atoms with Crippen molar-refractivity contribution >= 4 is 11.4 Å². The zero-order chi connectivity index (χ0) is 12.8. The molecule has 0 unspecified atom stereocenters. The van der Waals surface area contributed by atoms with Crippen LogP contribution in [0.1, 0.15) is 11.1 Å². The second-order valence-electron chi connectivity index (χ2n) is 4.54. The average molecular weight is 240 g/mol. The monoisotopic (exact) mass is 240 g/mol. The predicted molar refractivity (Wildman–Crippen MR) is 79.3 cm³/mol. The summed E-state index contributed by atoms with van der Waals surface area (Å²) in [4.78, 5) is 0. The molecular formula is C16H20N2. The van der Waals surface area contributed by atoms with Crippen LogP contribution in [0.4, 0.5) is 11.4 Å². The Hall–Kier alpha value is -1.96. The van der Waals surface area contributed by atoms with E-state index in [2.05, 4.69) is 54.8 Å². The van der Waals surface area contributed by atoms with E-state index in [0.717, 1.165) is 13.1 Å². The summed E-state index contributed by atoms with van der Waals surface area (Å²) in [6.07, 6.45) is 0. The Morgan fingerprint density at radius 3 is 2.28 bits per heavy atom. The zero-order valence-corrected chi connectivity index (χ0v) is 11.0. The van der Waals surface area contributed by atoms with E-state index in [-0.39, 0.29) is 0 Å². The van der Waals surface area contributed by atoms with E-state index in [1.54, 1.807) is 0 Å². The number of nitrogens with one attached hydrogen (secondary N) is 2. The Labute approximate surface area is 109 Å². The number of aryl methyl sites for hydroxylation is 2. The van der Waals surface area contributed by atoms with Gasteiger partial charge in [0.05, 0.1) is 0 Å². The maximum Gasteiger partial charge on any atom is 0.0370 e. The molecule has 2 rings (SSSR count). The first-order chi connectivity index (χ1) is 8.75. The normalized spacial score (nSPS) is 10.1. The summed E-state index contributed by atoms with van der Waals surface area (Å²) >= 11 is 0. The largest absolute Gasteiger partial charge is 0.383 e. The number of hydrogen-bond donors (Lipinski definition) is 2. The number of hydrogen-bond acceptors (Lipinski definition) is 2. The minimum absolute atomic E-state index is 0.914. The molecule has 0 radical (unpaired) electrons. The smallest absolute Gasteiger partial charge is 0.0370 e. The van der Waals surface area contributed by atoms with E-state index in [1.165, 1.54) is 22.5 Å². The van der Waals surface area contributed by atoms with Crippen molar-refractivity contribution in [3.8, 4) is 0 Å². The molecule has 2 heteroatoms. The van der Waals surface area contributed by atoms with Gasteiger partial charge in [0, 0.05) is 24.5 Å². The molecule has 0 heterocycles. The maximum atomic E-state index is 3.45. The molecule has 0 saturated carbocycles. The summed E-state index contributed by atoms with van der Waals surface area (Å²) in [5.74, 6) is 0. The number of anilines is 2. The van der Waals surface area contributed by atoms with Crippen LogP contribution in [0, 0.1) is 13.8 Å². The van der Waals surface area contributed by atoms with Gasteiger partial charge < -0.3 is 10.6 Å². The van der Waals surface area contributed by atoms with Crippen LogP contribution in [0.5, 0.6) is 0 Å². The topological polar surface area (TPSA) is 24.1 Å². The summed E-state index contributed by atoms with van der Waals surface area (Å²) in [6, 6.07) is 16.8. The highest BCUT2D eigenvalue weighted by Gasteiger charge is 1.97. The van der Waals surface area contributed by atoms with Crippen molar-refractivity contribution in [2.75, 3.05) is 23.7 Å². The average Bonchev–Trinajstić information content (AvgIpc) is 2.38. The van der Waals surface area contributed by atoms with Crippen molar-refractivity contribution in [3.05, 3.63) is 59.7 Å². The number of para-hydroxylation sites is 1. The third-order valence-electron chi connectivity index (χ3n) is 2.93. The molecule has 0 aliphatic heterocycles. The van der Waals surface area contributed by atoms with E-state index in [9.17, 15) is 0 Å². The molecule has 94 valence electrons. The Morgan fingerprint density at radius 2 is 1.56 bits per heavy atom. The SMILES string of the molecule is Cc1ccc(NCCNc2ccccc2)c(C)c1. The standard InChI is InChI=1S/C16H20N2/c1-13-8-9-16(14(2)12-13)18-11-10-17-15-6-4-3-5-7-15/h3-9,12,17-18H,10-11H2,1-2H3. The predicted octanol–water partition coefficient (Wildman–Crippen LogP) is 3.83. The highest BCUT2D eigenvalue weighted by Crippen LogP contribution is 2.15. The molecular weight excluding hydrogens is 220 g/mol. The molecule has 2 nitrogen and oxygen atoms in total. The molecule has 0 aliphatic carbocycles. The Kier molecular flexibility index (Phi) is 4.24. The first-order valence-corrected chi connectivity index (χ1v) is 6.36. The summed E-state index contributed by atoms with van der Waals surface area (Å²) in [7, 11) is 0. The van der Waals surface area contributed by atoms with Crippen LogP contribution >= 0.6 is 0 Å². The zero-order valence-electron chi connectivity index (χ0n) is 11.0. The van der Waals surface area contributed by atoms with Crippen molar-refractivity contribution in [1.29, 1.82) is 0 Å². The molecule has 2 aromatic rings. The highest BCUT2D eigenvalue weighted by molar-refractivity contribution is 5.52. The molecule has 0 aliphatic rings. The van der Waals surface area contributed by atoms with Gasteiger partial charge in [0.15, 0.2) is 0 Å². The minimum Gasteiger partial charge on any atom is -0.383 e. The van der Waals surface area contributed by atoms with Gasteiger partial charge in [0.2, 0.25) is 0 Å². The highest BCUT2D eigenvalue weighted by atomic mass is 14.9. The fraction of sp³-hybridized carbons (Fsp3) is 0.250. The van der Waals surface area contributed by atoms with E-state index in [1.807, 2.05) is 18.2 Å². The molecule has 0 spiro atoms. The molecule has 0 saturated heterocycles. The van der Waals surface area contributed by atoms with Gasteiger partial charge in [-0.2, -0.15) is 0 Å². The second kappa shape index (κ2) is 6.10. The van der Waals surface area contributed by atoms with Crippen LogP contribution in [0.3, 0.4) is 0 Å². The van der Waals surface area contributed by atoms with Gasteiger partial charge in [0.1, 0.15) is 0 Å². The van der Waals surface area contributed by atoms with E-state index in [4.69, 9.17) is 0 Å². The van der Waals surface area contributed by atoms with Gasteiger partial charge in [-0.05, 0) is 37.6 Å². The van der Waals surface area contributed by atoms with Crippen LogP contribution in [0.2, 0.25) is 0 Å². The quantitative estimate of drug-likeness (QED) is 0.776. The third kappa shape index (κ3) is 3.52. The molecule has 2 aromatic carbocycles. The van der Waals surface area contributed by atoms with Crippen molar-refractivity contribution < 1.29 is 0 Å². The Morgan fingerprint density at radius 1 is 0.833 bits per heavy atom. The summed E-state index contributed by atoms with van der Waals surface area (Å²) in [6.45, 7) is 6.09. The Balaban J connectivity index is 1.79. The van der Waals surface area contributed by atoms with Gasteiger partial charge in [-0.1, -0.05) is 35.9 Å². The second-order valence-corrected chi connectivity index (χ2v) is 4.54. The molecule has 0 atom stereocenters. The van der Waals surface area contributed by atoms with Gasteiger partial charge in [-0.15, -0.1) is 0 Å². The molecule has 0 amide bonds. The van der Waals surface area contributed by atoms with Crippen LogP contribution in [0.15, 0.2) is 48.5 Å². The lowest BCUT2D eigenvalue weighted by Crippen LogP contribution is -2.14. The minimum atomic E-state index is 0.914. The van der Waals surface area contributed by atoms with Crippen molar-refractivity contribution in [2.45, 2.75) is 13.8 Å². The van der Waals surface area contributed by atoms with Crippen molar-refractivity contribution in [2.24, 2.45) is 0 Å². The summed E-state index contributed by atoms with van der Waals surface area (Å²) in [5.41, 5.74) is 4.99. The molecule has 18 heavy (non-hydrogen) atoms. The molecule has 0 bridgehead atoms. The lowest BCUT2D eigenvalue weighted by molar-refractivity contribution is 1.07. The van der Waals surface area contributed by atoms with Crippen molar-refractivity contribution in [1.82, 2.24) is 0 Å².